The average molecular weight is 434 g/mol. The van der Waals surface area contributed by atoms with Gasteiger partial charge in [0.2, 0.25) is 5.13 Å². The molecule has 0 bridgehead atoms. The number of nitrogens with zero attached hydrogens (tertiary/aromatic N) is 5. The van der Waals surface area contributed by atoms with Crippen molar-refractivity contribution in [3.63, 3.8) is 0 Å². The van der Waals surface area contributed by atoms with Crippen LogP contribution in [0.25, 0.3) is 0 Å². The van der Waals surface area contributed by atoms with Crippen molar-refractivity contribution in [2.45, 2.75) is 37.7 Å². The molecule has 2 aromatic rings. The molecule has 2 heterocycles. The Hall–Kier alpha value is -2.28. The van der Waals surface area contributed by atoms with Crippen LogP contribution in [0.3, 0.4) is 0 Å². The molecule has 0 radical (unpaired) electrons. The molecule has 0 saturated heterocycles. The summed E-state index contributed by atoms with van der Waals surface area (Å²) in [6.07, 6.45) is 1.26. The minimum Gasteiger partial charge on any atom is -0.371 e. The molecular formula is C15H17F3N6O2S2. The van der Waals surface area contributed by atoms with Crippen LogP contribution in [-0.4, -0.2) is 36.4 Å². The number of aromatic nitrogens is 2. The molecule has 28 heavy (non-hydrogen) atoms. The predicted octanol–water partition coefficient (Wildman–Crippen LogP) is 4.33. The van der Waals surface area contributed by atoms with E-state index in [0.717, 1.165) is 17.1 Å². The van der Waals surface area contributed by atoms with Crippen LogP contribution in [0, 0.1) is 0 Å². The molecule has 1 N–H and O–H groups in total. The molecule has 1 unspecified atom stereocenters. The molecule has 152 valence electrons. The number of benzene rings is 1. The van der Waals surface area contributed by atoms with E-state index in [4.69, 9.17) is 0 Å². The molecule has 1 aromatic carbocycles. The fourth-order valence-corrected chi connectivity index (χ4v) is 3.91. The van der Waals surface area contributed by atoms with Gasteiger partial charge in [0, 0.05) is 35.7 Å². The highest BCUT2D eigenvalue weighted by Crippen LogP contribution is 2.48. The van der Waals surface area contributed by atoms with Gasteiger partial charge in [-0.1, -0.05) is 13.8 Å². The van der Waals surface area contributed by atoms with Crippen molar-refractivity contribution in [2.24, 2.45) is 10.2 Å². The first-order chi connectivity index (χ1) is 12.8. The lowest BCUT2D eigenvalue weighted by Crippen LogP contribution is -2.36. The largest absolute Gasteiger partial charge is 0.516 e. The minimum atomic E-state index is -5.62. The molecule has 1 aliphatic rings. The van der Waals surface area contributed by atoms with Gasteiger partial charge in [0.1, 0.15) is 12.0 Å². The van der Waals surface area contributed by atoms with E-state index in [1.54, 1.807) is 17.8 Å². The Kier molecular flexibility index (Phi) is 4.86. The summed E-state index contributed by atoms with van der Waals surface area (Å²) < 4.78 is 67.2. The number of halogens is 3. The van der Waals surface area contributed by atoms with Crippen molar-refractivity contribution in [1.82, 2.24) is 9.36 Å². The van der Waals surface area contributed by atoms with Crippen molar-refractivity contribution in [2.75, 3.05) is 16.7 Å². The Morgan fingerprint density at radius 3 is 2.54 bits per heavy atom. The first kappa shape index (κ1) is 20.5. The van der Waals surface area contributed by atoms with Gasteiger partial charge >= 0.3 is 15.5 Å². The van der Waals surface area contributed by atoms with Crippen LogP contribution in [0.2, 0.25) is 0 Å². The van der Waals surface area contributed by atoms with Crippen molar-refractivity contribution in [3.8, 4) is 0 Å². The molecule has 0 fully saturated rings. The highest BCUT2D eigenvalue weighted by atomic mass is 32.2. The van der Waals surface area contributed by atoms with Crippen LogP contribution in [0.5, 0.6) is 0 Å². The van der Waals surface area contributed by atoms with Gasteiger partial charge in [0.25, 0.3) is 0 Å². The third-order valence-electron chi connectivity index (χ3n) is 4.96. The van der Waals surface area contributed by atoms with Crippen LogP contribution >= 0.6 is 11.5 Å². The van der Waals surface area contributed by atoms with Gasteiger partial charge in [-0.3, -0.25) is 4.72 Å². The summed E-state index contributed by atoms with van der Waals surface area (Å²) in [5.74, 6) is 0. The van der Waals surface area contributed by atoms with Gasteiger partial charge in [-0.2, -0.15) is 26.0 Å². The van der Waals surface area contributed by atoms with Crippen molar-refractivity contribution in [1.29, 1.82) is 0 Å². The summed E-state index contributed by atoms with van der Waals surface area (Å²) in [6, 6.07) is 2.93. The van der Waals surface area contributed by atoms with E-state index in [1.165, 1.54) is 12.4 Å². The summed E-state index contributed by atoms with van der Waals surface area (Å²) in [4.78, 5) is 5.70. The van der Waals surface area contributed by atoms with E-state index >= 15 is 0 Å². The zero-order valence-electron chi connectivity index (χ0n) is 15.3. The third-order valence-corrected chi connectivity index (χ3v) is 6.60. The van der Waals surface area contributed by atoms with Crippen LogP contribution in [0.15, 0.2) is 28.7 Å². The first-order valence-corrected chi connectivity index (χ1v) is 10.3. The van der Waals surface area contributed by atoms with Gasteiger partial charge in [-0.25, -0.2) is 4.98 Å². The normalized spacial score (nSPS) is 19.2. The lowest BCUT2D eigenvalue weighted by molar-refractivity contribution is -0.0429. The summed E-state index contributed by atoms with van der Waals surface area (Å²) in [5, 5.41) is 7.96. The van der Waals surface area contributed by atoms with E-state index in [0.29, 0.717) is 5.69 Å². The molecule has 1 aromatic heterocycles. The topological polar surface area (TPSA) is 99.9 Å². The molecule has 1 aliphatic heterocycles. The Morgan fingerprint density at radius 1 is 1.29 bits per heavy atom. The quantitative estimate of drug-likeness (QED) is 0.722. The Morgan fingerprint density at radius 2 is 1.96 bits per heavy atom. The third kappa shape index (κ3) is 3.43. The van der Waals surface area contributed by atoms with Crippen LogP contribution in [0.4, 0.5) is 35.4 Å². The average Bonchev–Trinajstić information content (AvgIpc) is 3.15. The Balaban J connectivity index is 2.15. The zero-order chi connectivity index (χ0) is 20.9. The summed E-state index contributed by atoms with van der Waals surface area (Å²) in [5.41, 5.74) is -4.72. The number of hydrogen-bond donors (Lipinski definition) is 1. The lowest BCUT2D eigenvalue weighted by Gasteiger charge is -2.28. The van der Waals surface area contributed by atoms with E-state index in [2.05, 4.69) is 19.6 Å². The SMILES string of the molecule is CC1N(C)c2cc(NS(=O)(=O)C(F)(F)F)c(N=Nc3ncns3)cc2C1(C)C. The molecule has 0 aliphatic carbocycles. The number of likely N-dealkylation sites (N-methyl/N-ethyl adjacent to an activating group) is 1. The fraction of sp³-hybridized carbons (Fsp3) is 0.467. The van der Waals surface area contributed by atoms with Gasteiger partial charge in [-0.15, -0.1) is 10.2 Å². The van der Waals surface area contributed by atoms with E-state index in [9.17, 15) is 21.6 Å². The maximum atomic E-state index is 12.9. The summed E-state index contributed by atoms with van der Waals surface area (Å²) in [6.45, 7) is 5.96. The number of hydrogen-bond acceptors (Lipinski definition) is 8. The molecule has 0 saturated carbocycles. The van der Waals surface area contributed by atoms with E-state index < -0.39 is 15.5 Å². The van der Waals surface area contributed by atoms with E-state index in [-0.39, 0.29) is 28.0 Å². The van der Waals surface area contributed by atoms with E-state index in [1.807, 2.05) is 25.7 Å². The molecular weight excluding hydrogens is 417 g/mol. The number of alkyl halides is 3. The van der Waals surface area contributed by atoms with Crippen molar-refractivity contribution < 1.29 is 21.6 Å². The second kappa shape index (κ2) is 6.65. The molecule has 0 amide bonds. The van der Waals surface area contributed by atoms with Crippen LogP contribution in [0.1, 0.15) is 26.3 Å². The van der Waals surface area contributed by atoms with Gasteiger partial charge in [-0.05, 0) is 24.6 Å². The summed E-state index contributed by atoms with van der Waals surface area (Å²) >= 11 is 0.943. The predicted molar refractivity (Wildman–Crippen MR) is 100 cm³/mol. The lowest BCUT2D eigenvalue weighted by atomic mass is 9.81. The smallest absolute Gasteiger partial charge is 0.371 e. The van der Waals surface area contributed by atoms with Crippen molar-refractivity contribution >= 4 is 43.7 Å². The maximum absolute atomic E-state index is 12.9. The zero-order valence-corrected chi connectivity index (χ0v) is 16.9. The van der Waals surface area contributed by atoms with Crippen LogP contribution < -0.4 is 9.62 Å². The molecule has 8 nitrogen and oxygen atoms in total. The Bertz CT molecular complexity index is 1020. The van der Waals surface area contributed by atoms with Gasteiger partial charge < -0.3 is 4.90 Å². The fourth-order valence-electron chi connectivity index (χ4n) is 2.98. The number of anilines is 2. The Labute approximate surface area is 163 Å². The number of azo groups is 1. The second-order valence-electron chi connectivity index (χ2n) is 6.87. The second-order valence-corrected chi connectivity index (χ2v) is 9.30. The number of fused-ring (bicyclic) bond motifs is 1. The van der Waals surface area contributed by atoms with Gasteiger partial charge in [0.05, 0.1) is 5.69 Å². The molecule has 13 heteroatoms. The minimum absolute atomic E-state index is 0.0323. The summed E-state index contributed by atoms with van der Waals surface area (Å²) in [7, 11) is -3.82. The molecule has 3 rings (SSSR count). The number of nitrogens with one attached hydrogen (secondary N) is 1. The monoisotopic (exact) mass is 434 g/mol. The van der Waals surface area contributed by atoms with Crippen molar-refractivity contribution in [3.05, 3.63) is 24.0 Å². The van der Waals surface area contributed by atoms with Crippen LogP contribution in [-0.2, 0) is 15.4 Å². The van der Waals surface area contributed by atoms with Gasteiger partial charge in [0.15, 0.2) is 0 Å². The highest BCUT2D eigenvalue weighted by molar-refractivity contribution is 7.93. The molecule has 1 atom stereocenters. The maximum Gasteiger partial charge on any atom is 0.516 e. The number of rotatable bonds is 4. The standard InChI is InChI=1S/C15H17F3N6O2S2/c1-8-14(2,3)9-5-10(21-22-13-19-7-20-27-13)11(6-12(9)24(8)4)23-28(25,26)15(16,17)18/h5-8,23H,1-4H3. The molecule has 0 spiro atoms. The highest BCUT2D eigenvalue weighted by Gasteiger charge is 2.47. The number of sulfonamides is 1. The first-order valence-electron chi connectivity index (χ1n) is 8.03.